The predicted octanol–water partition coefficient (Wildman–Crippen LogP) is 4.67. The molecule has 1 heterocycles. The van der Waals surface area contributed by atoms with Crippen molar-refractivity contribution in [2.45, 2.75) is 12.6 Å². The highest BCUT2D eigenvalue weighted by Crippen LogP contribution is 2.41. The number of hydrogen-bond acceptors (Lipinski definition) is 4. The number of nitrogens with two attached hydrogens (primary N) is 1. The highest BCUT2D eigenvalue weighted by atomic mass is 35.5. The van der Waals surface area contributed by atoms with E-state index in [1.807, 2.05) is 71.6 Å². The van der Waals surface area contributed by atoms with E-state index >= 15 is 0 Å². The van der Waals surface area contributed by atoms with Crippen molar-refractivity contribution in [1.29, 1.82) is 0 Å². The van der Waals surface area contributed by atoms with Gasteiger partial charge in [-0.2, -0.15) is 0 Å². The fourth-order valence-electron chi connectivity index (χ4n) is 3.89. The summed E-state index contributed by atoms with van der Waals surface area (Å²) in [5.74, 6) is -0.419. The average Bonchev–Trinajstić information content (AvgIpc) is 2.78. The van der Waals surface area contributed by atoms with Gasteiger partial charge in [-0.25, -0.2) is 0 Å². The Morgan fingerprint density at radius 1 is 1.03 bits per heavy atom. The number of rotatable bonds is 7. The Bertz CT molecular complexity index is 1200. The molecule has 4 rings (SSSR count). The molecule has 0 spiro atoms. The van der Waals surface area contributed by atoms with Crippen molar-refractivity contribution in [2.75, 3.05) is 6.54 Å². The van der Waals surface area contributed by atoms with Gasteiger partial charge in [-0.05, 0) is 29.3 Å². The lowest BCUT2D eigenvalue weighted by atomic mass is 9.94. The van der Waals surface area contributed by atoms with E-state index in [1.54, 1.807) is 18.3 Å². The van der Waals surface area contributed by atoms with Gasteiger partial charge < -0.3 is 10.8 Å². The van der Waals surface area contributed by atoms with E-state index in [0.717, 1.165) is 11.1 Å². The molecule has 1 amide bonds. The molecule has 1 aromatic heterocycles. The molecule has 3 aromatic carbocycles. The number of hydrogen-bond donors (Lipinski definition) is 2. The Morgan fingerprint density at radius 2 is 1.71 bits per heavy atom. The number of aromatic hydroxyl groups is 1. The monoisotopic (exact) mass is 431 g/mol. The summed E-state index contributed by atoms with van der Waals surface area (Å²) in [4.78, 5) is 18.3. The van der Waals surface area contributed by atoms with Crippen LogP contribution in [-0.4, -0.2) is 27.4 Å². The minimum Gasteiger partial charge on any atom is -0.505 e. The third kappa shape index (κ3) is 4.53. The molecule has 4 aromatic rings. The summed E-state index contributed by atoms with van der Waals surface area (Å²) in [6, 6.07) is 24.4. The van der Waals surface area contributed by atoms with Crippen LogP contribution in [-0.2, 0) is 11.3 Å². The molecule has 0 fully saturated rings. The predicted molar refractivity (Wildman–Crippen MR) is 123 cm³/mol. The molecule has 31 heavy (non-hydrogen) atoms. The van der Waals surface area contributed by atoms with Crippen LogP contribution in [0.1, 0.15) is 22.7 Å². The van der Waals surface area contributed by atoms with E-state index in [4.69, 9.17) is 17.3 Å². The van der Waals surface area contributed by atoms with Crippen LogP contribution in [0.4, 0.5) is 0 Å². The summed E-state index contributed by atoms with van der Waals surface area (Å²) < 4.78 is 0. The molecular weight excluding hydrogens is 410 g/mol. The topological polar surface area (TPSA) is 79.5 Å². The van der Waals surface area contributed by atoms with Crippen molar-refractivity contribution >= 4 is 28.4 Å². The first-order valence-electron chi connectivity index (χ1n) is 9.92. The molecule has 1 unspecified atom stereocenters. The Kier molecular flexibility index (Phi) is 6.16. The molecule has 0 aliphatic rings. The first-order valence-corrected chi connectivity index (χ1v) is 10.3. The highest BCUT2D eigenvalue weighted by molar-refractivity contribution is 6.35. The number of carbonyl (C=O) groups is 1. The van der Waals surface area contributed by atoms with E-state index in [2.05, 4.69) is 4.98 Å². The summed E-state index contributed by atoms with van der Waals surface area (Å²) in [6.07, 6.45) is 1.62. The molecule has 0 radical (unpaired) electrons. The number of primary amides is 1. The summed E-state index contributed by atoms with van der Waals surface area (Å²) in [6.45, 7) is 0.465. The number of amides is 1. The molecule has 0 aliphatic heterocycles. The number of carbonyl (C=O) groups excluding carboxylic acids is 1. The molecule has 0 bridgehead atoms. The second-order valence-corrected chi connectivity index (χ2v) is 7.77. The minimum atomic E-state index is -0.460. The minimum absolute atomic E-state index is 0.00572. The third-order valence-corrected chi connectivity index (χ3v) is 5.52. The smallest absolute Gasteiger partial charge is 0.231 e. The number of nitrogens with zero attached hydrogens (tertiary/aromatic N) is 2. The van der Waals surface area contributed by atoms with Crippen LogP contribution >= 0.6 is 11.6 Å². The SMILES string of the molecule is NC(=O)CN(Cc1ccccc1)C(c1ccccc1)c1cc(Cl)c2cccnc2c1O. The molecule has 0 saturated carbocycles. The maximum absolute atomic E-state index is 12.0. The Hall–Kier alpha value is -3.41. The van der Waals surface area contributed by atoms with E-state index in [-0.39, 0.29) is 12.3 Å². The van der Waals surface area contributed by atoms with Crippen LogP contribution in [0.2, 0.25) is 5.02 Å². The van der Waals surface area contributed by atoms with Crippen LogP contribution in [0.15, 0.2) is 85.1 Å². The van der Waals surface area contributed by atoms with Gasteiger partial charge in [0.2, 0.25) is 5.91 Å². The number of benzene rings is 3. The van der Waals surface area contributed by atoms with Crippen molar-refractivity contribution in [3.63, 3.8) is 0 Å². The molecule has 1 atom stereocenters. The molecule has 5 nitrogen and oxygen atoms in total. The zero-order valence-corrected chi connectivity index (χ0v) is 17.5. The lowest BCUT2D eigenvalue weighted by Crippen LogP contribution is -2.37. The largest absolute Gasteiger partial charge is 0.505 e. The summed E-state index contributed by atoms with van der Waals surface area (Å²) in [5.41, 5.74) is 8.53. The van der Waals surface area contributed by atoms with Gasteiger partial charge in [-0.3, -0.25) is 14.7 Å². The van der Waals surface area contributed by atoms with Crippen LogP contribution in [0.3, 0.4) is 0 Å². The van der Waals surface area contributed by atoms with Gasteiger partial charge in [0.25, 0.3) is 0 Å². The Balaban J connectivity index is 1.90. The first-order chi connectivity index (χ1) is 15.0. The first kappa shape index (κ1) is 20.8. The van der Waals surface area contributed by atoms with Gasteiger partial charge >= 0.3 is 0 Å². The standard InChI is InChI=1S/C25H22ClN3O2/c26-21-14-20(25(31)23-19(21)12-7-13-28-23)24(18-10-5-2-6-11-18)29(16-22(27)30)15-17-8-3-1-4-9-17/h1-14,24,31H,15-16H2,(H2,27,30). The molecule has 0 aliphatic carbocycles. The normalized spacial score (nSPS) is 12.2. The number of pyridine rings is 1. The summed E-state index contributed by atoms with van der Waals surface area (Å²) in [5, 5.41) is 12.3. The molecule has 3 N–H and O–H groups in total. The van der Waals surface area contributed by atoms with Gasteiger partial charge in [-0.1, -0.05) is 72.3 Å². The summed E-state index contributed by atoms with van der Waals surface area (Å²) in [7, 11) is 0. The molecule has 6 heteroatoms. The molecular formula is C25H22ClN3O2. The van der Waals surface area contributed by atoms with E-state index in [9.17, 15) is 9.90 Å². The summed E-state index contributed by atoms with van der Waals surface area (Å²) >= 11 is 6.58. The van der Waals surface area contributed by atoms with Gasteiger partial charge in [0, 0.05) is 23.7 Å². The van der Waals surface area contributed by atoms with Gasteiger partial charge in [0.15, 0.2) is 0 Å². The third-order valence-electron chi connectivity index (χ3n) is 5.21. The second kappa shape index (κ2) is 9.16. The number of phenols is 1. The van der Waals surface area contributed by atoms with Gasteiger partial charge in [0.05, 0.1) is 17.6 Å². The van der Waals surface area contributed by atoms with Crippen LogP contribution < -0.4 is 5.73 Å². The fourth-order valence-corrected chi connectivity index (χ4v) is 4.16. The fraction of sp³-hybridized carbons (Fsp3) is 0.120. The zero-order valence-electron chi connectivity index (χ0n) is 16.8. The Labute approximate surface area is 185 Å². The zero-order chi connectivity index (χ0) is 21.8. The molecule has 156 valence electrons. The van der Waals surface area contributed by atoms with E-state index in [1.165, 1.54) is 0 Å². The van der Waals surface area contributed by atoms with Crippen LogP contribution in [0, 0.1) is 0 Å². The van der Waals surface area contributed by atoms with Crippen LogP contribution in [0.25, 0.3) is 10.9 Å². The van der Waals surface area contributed by atoms with Crippen LogP contribution in [0.5, 0.6) is 5.75 Å². The van der Waals surface area contributed by atoms with Crippen molar-refractivity contribution in [2.24, 2.45) is 5.73 Å². The van der Waals surface area contributed by atoms with Gasteiger partial charge in [-0.15, -0.1) is 0 Å². The van der Waals surface area contributed by atoms with Crippen molar-refractivity contribution in [3.05, 3.63) is 107 Å². The second-order valence-electron chi connectivity index (χ2n) is 7.37. The van der Waals surface area contributed by atoms with E-state index in [0.29, 0.717) is 28.0 Å². The number of halogens is 1. The maximum Gasteiger partial charge on any atom is 0.231 e. The van der Waals surface area contributed by atoms with Crippen molar-refractivity contribution < 1.29 is 9.90 Å². The number of fused-ring (bicyclic) bond motifs is 1. The highest BCUT2D eigenvalue weighted by Gasteiger charge is 2.28. The van der Waals surface area contributed by atoms with Crippen molar-refractivity contribution in [1.82, 2.24) is 9.88 Å². The average molecular weight is 432 g/mol. The number of aromatic nitrogens is 1. The lowest BCUT2D eigenvalue weighted by molar-refractivity contribution is -0.119. The van der Waals surface area contributed by atoms with E-state index < -0.39 is 11.9 Å². The molecule has 0 saturated heterocycles. The number of phenolic OH excluding ortho intramolecular Hbond substituents is 1. The lowest BCUT2D eigenvalue weighted by Gasteiger charge is -2.32. The maximum atomic E-state index is 12.0. The van der Waals surface area contributed by atoms with Gasteiger partial charge in [0.1, 0.15) is 11.3 Å². The van der Waals surface area contributed by atoms with Crippen molar-refractivity contribution in [3.8, 4) is 5.75 Å². The Morgan fingerprint density at radius 3 is 2.39 bits per heavy atom. The quantitative estimate of drug-likeness (QED) is 0.445.